The number of carbonyl (C=O) groups is 1. The fourth-order valence-corrected chi connectivity index (χ4v) is 0.818. The quantitative estimate of drug-likeness (QED) is 0.482. The second kappa shape index (κ2) is 11.0. The molecule has 0 aromatic rings. The summed E-state index contributed by atoms with van der Waals surface area (Å²) in [6.45, 7) is 7.15. The molecule has 0 aromatic carbocycles. The van der Waals surface area contributed by atoms with E-state index in [0.717, 1.165) is 10.6 Å². The van der Waals surface area contributed by atoms with Crippen LogP contribution in [0.1, 0.15) is 13.8 Å². The summed E-state index contributed by atoms with van der Waals surface area (Å²) in [5, 5.41) is 0. The first kappa shape index (κ1) is 19.5. The van der Waals surface area contributed by atoms with Gasteiger partial charge in [-0.3, -0.25) is 9.28 Å². The van der Waals surface area contributed by atoms with E-state index in [0.29, 0.717) is 0 Å². The normalized spacial score (nSPS) is 10.4. The van der Waals surface area contributed by atoms with Crippen molar-refractivity contribution >= 4 is 5.91 Å². The first-order valence-corrected chi connectivity index (χ1v) is 4.42. The third-order valence-corrected chi connectivity index (χ3v) is 1.27. The average molecular weight is 233 g/mol. The third-order valence-electron chi connectivity index (χ3n) is 1.27. The lowest BCUT2D eigenvalue weighted by Gasteiger charge is -2.18. The zero-order valence-electron chi connectivity index (χ0n) is 9.90. The fraction of sp³-hybridized carbons (Fsp3) is 0.364. The summed E-state index contributed by atoms with van der Waals surface area (Å²) in [6, 6.07) is 0. The molecule has 0 saturated heterocycles. The van der Waals surface area contributed by atoms with E-state index in [1.165, 1.54) is 0 Å². The number of halogens is 1. The number of allylic oxidation sites excluding steroid dienone is 2. The van der Waals surface area contributed by atoms with Gasteiger partial charge in [-0.15, -0.1) is 0 Å². The molecule has 3 nitrogen and oxygen atoms in total. The van der Waals surface area contributed by atoms with Gasteiger partial charge in [0.05, 0.1) is 26.5 Å². The van der Waals surface area contributed by atoms with Crippen molar-refractivity contribution in [1.82, 2.24) is 0 Å². The third kappa shape index (κ3) is 19.4. The number of hydrogen-bond acceptors (Lipinski definition) is 1. The summed E-state index contributed by atoms with van der Waals surface area (Å²) in [7, 11) is 4.25. The molecule has 0 aliphatic carbocycles. The van der Waals surface area contributed by atoms with Gasteiger partial charge in [0.25, 0.3) is 0 Å². The maximum absolute atomic E-state index is 9.47. The summed E-state index contributed by atoms with van der Waals surface area (Å²) in [6.07, 6.45) is 9.42. The molecule has 0 spiro atoms. The van der Waals surface area contributed by atoms with Crippen molar-refractivity contribution in [3.8, 4) is 0 Å². The second-order valence-electron chi connectivity index (χ2n) is 3.20. The molecule has 15 heavy (non-hydrogen) atoms. The smallest absolute Gasteiger partial charge is 0.240 e. The van der Waals surface area contributed by atoms with Gasteiger partial charge in [-0.05, 0) is 32.1 Å². The Morgan fingerprint density at radius 2 is 1.47 bits per heavy atom. The van der Waals surface area contributed by atoms with E-state index < -0.39 is 5.91 Å². The van der Waals surface area contributed by atoms with Crippen LogP contribution < -0.4 is 18.1 Å². The highest BCUT2D eigenvalue weighted by atomic mass is 35.5. The monoisotopic (exact) mass is 232 g/mol. The van der Waals surface area contributed by atoms with Crippen molar-refractivity contribution in [3.05, 3.63) is 37.2 Å². The maximum Gasteiger partial charge on any atom is 0.240 e. The van der Waals surface area contributed by atoms with Crippen LogP contribution >= 0.6 is 0 Å². The zero-order chi connectivity index (χ0) is 11.6. The summed E-state index contributed by atoms with van der Waals surface area (Å²) in [4.78, 5) is 9.47. The van der Waals surface area contributed by atoms with Crippen LogP contribution in [0.25, 0.3) is 0 Å². The number of primary amides is 1. The number of hydrogen-bond donors (Lipinski definition) is 1. The molecule has 0 aliphatic heterocycles. The topological polar surface area (TPSA) is 43.1 Å². The highest BCUT2D eigenvalue weighted by Crippen LogP contribution is 1.98. The van der Waals surface area contributed by atoms with Crippen LogP contribution in [0.15, 0.2) is 37.2 Å². The lowest BCUT2D eigenvalue weighted by Crippen LogP contribution is -3.00. The minimum absolute atomic E-state index is 0. The van der Waals surface area contributed by atoms with Crippen LogP contribution in [-0.2, 0) is 4.79 Å². The van der Waals surface area contributed by atoms with Crippen molar-refractivity contribution < 1.29 is 21.7 Å². The van der Waals surface area contributed by atoms with Gasteiger partial charge in [-0.2, -0.15) is 0 Å². The number of rotatable bonds is 3. The molecule has 0 heterocycles. The van der Waals surface area contributed by atoms with Gasteiger partial charge < -0.3 is 18.1 Å². The molecular formula is C11H21ClN2O. The Bertz CT molecular complexity index is 219. The summed E-state index contributed by atoms with van der Waals surface area (Å²) in [5.41, 5.74) is 4.53. The van der Waals surface area contributed by atoms with Crippen LogP contribution in [-0.4, -0.2) is 24.5 Å². The average Bonchev–Trinajstić information content (AvgIpc) is 2.05. The van der Waals surface area contributed by atoms with Crippen LogP contribution in [0, 0.1) is 0 Å². The number of nitrogens with zero attached hydrogens (tertiary/aromatic N) is 1. The molecule has 0 unspecified atom stereocenters. The van der Waals surface area contributed by atoms with Gasteiger partial charge in [0, 0.05) is 0 Å². The molecular weight excluding hydrogens is 212 g/mol. The largest absolute Gasteiger partial charge is 1.00 e. The molecule has 0 saturated carbocycles. The van der Waals surface area contributed by atoms with E-state index in [1.807, 2.05) is 13.8 Å². The fourth-order valence-electron chi connectivity index (χ4n) is 0.818. The molecule has 0 aromatic heterocycles. The van der Waals surface area contributed by atoms with Gasteiger partial charge in [0.15, 0.2) is 0 Å². The van der Waals surface area contributed by atoms with Crippen molar-refractivity contribution in [3.63, 3.8) is 0 Å². The van der Waals surface area contributed by atoms with Crippen molar-refractivity contribution in [1.29, 1.82) is 0 Å². The molecule has 0 atom stereocenters. The maximum atomic E-state index is 9.47. The van der Waals surface area contributed by atoms with Crippen LogP contribution in [0.3, 0.4) is 0 Å². The molecule has 88 valence electrons. The standard InChI is InChI=1S/C8H16N.C3H5NO.ClH/c1-5-7-9(3,4)8-6-2;1-2-3(4)5;/h5-8H,1-4H3;2H,1H2,(H2,4,5);1H/q+1;;/p-1. The lowest BCUT2D eigenvalue weighted by atomic mass is 10.5. The molecule has 0 fully saturated rings. The number of quaternary nitrogens is 1. The molecule has 1 amide bonds. The number of carbonyl (C=O) groups excluding carboxylic acids is 1. The number of nitrogens with two attached hydrogens (primary N) is 1. The predicted octanol–water partition coefficient (Wildman–Crippen LogP) is -1.21. The van der Waals surface area contributed by atoms with E-state index in [1.54, 1.807) is 0 Å². The summed E-state index contributed by atoms with van der Waals surface area (Å²) < 4.78 is 0.826. The Kier molecular flexibility index (Phi) is 14.3. The Morgan fingerprint density at radius 3 is 1.60 bits per heavy atom. The van der Waals surface area contributed by atoms with Crippen molar-refractivity contribution in [2.45, 2.75) is 13.8 Å². The minimum atomic E-state index is -0.481. The first-order valence-electron chi connectivity index (χ1n) is 4.42. The van der Waals surface area contributed by atoms with E-state index in [2.05, 4.69) is 51.0 Å². The van der Waals surface area contributed by atoms with E-state index >= 15 is 0 Å². The molecule has 0 bridgehead atoms. The van der Waals surface area contributed by atoms with Gasteiger partial charge in [0.2, 0.25) is 5.91 Å². The highest BCUT2D eigenvalue weighted by molar-refractivity contribution is 5.84. The Balaban J connectivity index is -0.000000208. The van der Waals surface area contributed by atoms with Gasteiger partial charge in [-0.1, -0.05) is 6.58 Å². The predicted molar refractivity (Wildman–Crippen MR) is 61.1 cm³/mol. The lowest BCUT2D eigenvalue weighted by molar-refractivity contribution is -0.784. The second-order valence-corrected chi connectivity index (χ2v) is 3.20. The van der Waals surface area contributed by atoms with E-state index in [-0.39, 0.29) is 12.4 Å². The van der Waals surface area contributed by atoms with Crippen LogP contribution in [0.5, 0.6) is 0 Å². The van der Waals surface area contributed by atoms with E-state index in [4.69, 9.17) is 0 Å². The Labute approximate surface area is 99.0 Å². The summed E-state index contributed by atoms with van der Waals surface area (Å²) >= 11 is 0. The Hall–Kier alpha value is -1.06. The van der Waals surface area contributed by atoms with Crippen molar-refractivity contribution in [2.24, 2.45) is 5.73 Å². The highest BCUT2D eigenvalue weighted by Gasteiger charge is 2.02. The molecule has 0 aliphatic rings. The van der Waals surface area contributed by atoms with Crippen molar-refractivity contribution in [2.75, 3.05) is 14.1 Å². The SMILES string of the molecule is C=CC(N)=O.CC=C[N+](C)(C)C=CC.[Cl-]. The van der Waals surface area contributed by atoms with Crippen LogP contribution in [0.2, 0.25) is 0 Å². The molecule has 2 N–H and O–H groups in total. The van der Waals surface area contributed by atoms with Crippen LogP contribution in [0.4, 0.5) is 0 Å². The van der Waals surface area contributed by atoms with Gasteiger partial charge in [0.1, 0.15) is 0 Å². The molecule has 0 rings (SSSR count). The summed E-state index contributed by atoms with van der Waals surface area (Å²) in [5.74, 6) is -0.481. The zero-order valence-corrected chi connectivity index (χ0v) is 10.7. The minimum Gasteiger partial charge on any atom is -1.00 e. The van der Waals surface area contributed by atoms with Gasteiger partial charge in [-0.25, -0.2) is 0 Å². The first-order chi connectivity index (χ1) is 6.39. The Morgan fingerprint density at radius 1 is 1.20 bits per heavy atom. The molecule has 4 heteroatoms. The van der Waals surface area contributed by atoms with E-state index in [9.17, 15) is 4.79 Å². The van der Waals surface area contributed by atoms with Gasteiger partial charge >= 0.3 is 0 Å². The molecule has 0 radical (unpaired) electrons. The number of amides is 1.